The Bertz CT molecular complexity index is 641. The minimum absolute atomic E-state index is 0.101. The zero-order chi connectivity index (χ0) is 16.7. The molecule has 1 unspecified atom stereocenters. The van der Waals surface area contributed by atoms with Crippen LogP contribution in [0.4, 0.5) is 4.39 Å². The lowest BCUT2D eigenvalue weighted by Crippen LogP contribution is -2.10. The summed E-state index contributed by atoms with van der Waals surface area (Å²) in [7, 11) is 0. The third kappa shape index (κ3) is 4.51. The van der Waals surface area contributed by atoms with Crippen LogP contribution in [0.1, 0.15) is 11.7 Å². The Morgan fingerprint density at radius 1 is 1.43 bits per heavy atom. The van der Waals surface area contributed by atoms with Crippen LogP contribution in [0.3, 0.4) is 0 Å². The molecular formula is C15H18ClFN4O2. The van der Waals surface area contributed by atoms with Gasteiger partial charge in [-0.05, 0) is 24.3 Å². The number of aromatic amines is 1. The van der Waals surface area contributed by atoms with Crippen molar-refractivity contribution in [2.75, 3.05) is 25.6 Å². The molecule has 0 spiro atoms. The van der Waals surface area contributed by atoms with Crippen LogP contribution in [0, 0.1) is 0 Å². The van der Waals surface area contributed by atoms with E-state index in [9.17, 15) is 9.50 Å². The van der Waals surface area contributed by atoms with E-state index >= 15 is 0 Å². The summed E-state index contributed by atoms with van der Waals surface area (Å²) in [4.78, 5) is 4.33. The Hall–Kier alpha value is -1.96. The lowest BCUT2D eigenvalue weighted by atomic mass is 10.2. The maximum Gasteiger partial charge on any atom is 0.181 e. The first kappa shape index (κ1) is 17.4. The highest BCUT2D eigenvalue weighted by Crippen LogP contribution is 2.21. The molecule has 1 aromatic carbocycles. The van der Waals surface area contributed by atoms with E-state index in [0.717, 1.165) is 5.56 Å². The van der Waals surface area contributed by atoms with Crippen LogP contribution in [-0.4, -0.2) is 45.9 Å². The van der Waals surface area contributed by atoms with Crippen LogP contribution in [0.5, 0.6) is 5.75 Å². The van der Waals surface area contributed by atoms with Crippen molar-refractivity contribution in [2.24, 2.45) is 5.73 Å². The van der Waals surface area contributed by atoms with E-state index < -0.39 is 0 Å². The molecule has 1 atom stereocenters. The Balaban J connectivity index is 2.05. The molecular weight excluding hydrogens is 323 g/mol. The van der Waals surface area contributed by atoms with Crippen LogP contribution in [-0.2, 0) is 0 Å². The largest absolute Gasteiger partial charge is 0.489 e. The monoisotopic (exact) mass is 340 g/mol. The van der Waals surface area contributed by atoms with Gasteiger partial charge in [-0.25, -0.2) is 9.37 Å². The van der Waals surface area contributed by atoms with Crippen LogP contribution < -0.4 is 10.5 Å². The molecule has 124 valence electrons. The van der Waals surface area contributed by atoms with Crippen LogP contribution in [0.2, 0.25) is 0 Å². The minimum atomic E-state index is -0.275. The van der Waals surface area contributed by atoms with Crippen molar-refractivity contribution in [3.63, 3.8) is 0 Å². The predicted molar refractivity (Wildman–Crippen MR) is 86.1 cm³/mol. The lowest BCUT2D eigenvalue weighted by Gasteiger charge is -2.07. The molecule has 0 aliphatic rings. The number of H-pyrrole nitrogens is 1. The number of aliphatic hydroxyl groups excluding tert-OH is 1. The lowest BCUT2D eigenvalue weighted by molar-refractivity contribution is 0.270. The van der Waals surface area contributed by atoms with Crippen molar-refractivity contribution in [1.82, 2.24) is 15.2 Å². The molecule has 1 heterocycles. The average molecular weight is 341 g/mol. The maximum absolute atomic E-state index is 12.4. The molecule has 4 N–H and O–H groups in total. The molecule has 0 amide bonds. The highest BCUT2D eigenvalue weighted by atomic mass is 35.5. The second-order valence-corrected chi connectivity index (χ2v) is 5.17. The molecule has 0 saturated heterocycles. The van der Waals surface area contributed by atoms with Gasteiger partial charge in [0.1, 0.15) is 18.2 Å². The summed E-state index contributed by atoms with van der Waals surface area (Å²) in [5.41, 5.74) is 6.52. The average Bonchev–Trinajstić information content (AvgIpc) is 3.07. The number of hydrogen-bond donors (Lipinski definition) is 3. The number of benzene rings is 1. The number of alkyl halides is 1. The summed E-state index contributed by atoms with van der Waals surface area (Å²) in [6, 6.07) is 7.06. The minimum Gasteiger partial charge on any atom is -0.489 e. The summed E-state index contributed by atoms with van der Waals surface area (Å²) in [6.07, 6.45) is 0.456. The van der Waals surface area contributed by atoms with Gasteiger partial charge in [0, 0.05) is 23.6 Å². The Morgan fingerprint density at radius 2 is 2.17 bits per heavy atom. The Labute approximate surface area is 138 Å². The number of nitrogens with one attached hydrogen (secondary N) is 1. The number of halogens is 2. The van der Waals surface area contributed by atoms with Gasteiger partial charge in [0.15, 0.2) is 5.82 Å². The molecule has 6 nitrogen and oxygen atoms in total. The molecule has 2 aromatic rings. The molecule has 0 aliphatic carbocycles. The Morgan fingerprint density at radius 3 is 2.74 bits per heavy atom. The molecule has 0 radical (unpaired) electrons. The molecule has 2 rings (SSSR count). The zero-order valence-corrected chi connectivity index (χ0v) is 13.1. The third-order valence-corrected chi connectivity index (χ3v) is 3.62. The number of nitrogens with zero attached hydrogens (tertiary/aromatic N) is 2. The first-order valence-corrected chi connectivity index (χ1v) is 7.55. The standard InChI is InChI=1S/C15H18ClFN4O2/c16-5-12(8-22)15-19-14(20-21-15)11-1-3-13(4-2-11)23-9-10(6-17)7-18/h1-4,6,12,22H,5,7-9,18H2,(H,19,20,21)/b10-6+. The van der Waals surface area contributed by atoms with Crippen molar-refractivity contribution in [3.05, 3.63) is 42.0 Å². The second-order valence-electron chi connectivity index (χ2n) is 4.86. The summed E-state index contributed by atoms with van der Waals surface area (Å²) in [6.45, 7) is 0.114. The fourth-order valence-electron chi connectivity index (χ4n) is 1.81. The van der Waals surface area contributed by atoms with Gasteiger partial charge in [0.2, 0.25) is 0 Å². The number of ether oxygens (including phenoxy) is 1. The van der Waals surface area contributed by atoms with E-state index in [0.29, 0.717) is 29.3 Å². The van der Waals surface area contributed by atoms with E-state index in [1.165, 1.54) is 0 Å². The van der Waals surface area contributed by atoms with Gasteiger partial charge in [-0.15, -0.1) is 11.6 Å². The van der Waals surface area contributed by atoms with E-state index in [-0.39, 0.29) is 31.6 Å². The first-order chi connectivity index (χ1) is 11.2. The number of aromatic nitrogens is 3. The molecule has 0 saturated carbocycles. The van der Waals surface area contributed by atoms with Gasteiger partial charge in [-0.2, -0.15) is 5.10 Å². The first-order valence-electron chi connectivity index (χ1n) is 7.02. The summed E-state index contributed by atoms with van der Waals surface area (Å²) in [5, 5.41) is 16.1. The normalized spacial score (nSPS) is 13.1. The number of hydrogen-bond acceptors (Lipinski definition) is 5. The van der Waals surface area contributed by atoms with Crippen molar-refractivity contribution < 1.29 is 14.2 Å². The van der Waals surface area contributed by atoms with E-state index in [1.807, 2.05) is 0 Å². The fraction of sp³-hybridized carbons (Fsp3) is 0.333. The zero-order valence-electron chi connectivity index (χ0n) is 12.4. The van der Waals surface area contributed by atoms with Crippen molar-refractivity contribution in [1.29, 1.82) is 0 Å². The third-order valence-electron chi connectivity index (χ3n) is 3.25. The van der Waals surface area contributed by atoms with Crippen LogP contribution >= 0.6 is 11.6 Å². The number of rotatable bonds is 8. The topological polar surface area (TPSA) is 97.0 Å². The van der Waals surface area contributed by atoms with Gasteiger partial charge in [0.05, 0.1) is 18.9 Å². The van der Waals surface area contributed by atoms with Crippen molar-refractivity contribution >= 4 is 11.6 Å². The van der Waals surface area contributed by atoms with Crippen LogP contribution in [0.15, 0.2) is 36.2 Å². The van der Waals surface area contributed by atoms with E-state index in [4.69, 9.17) is 22.1 Å². The SMILES string of the molecule is NC/C(=C\F)COc1ccc(-c2n[nH]c(C(CO)CCl)n2)cc1. The quantitative estimate of drug-likeness (QED) is 0.638. The molecule has 23 heavy (non-hydrogen) atoms. The molecule has 8 heteroatoms. The van der Waals surface area contributed by atoms with E-state index in [1.54, 1.807) is 24.3 Å². The molecule has 1 aromatic heterocycles. The molecule has 0 bridgehead atoms. The van der Waals surface area contributed by atoms with Crippen LogP contribution in [0.25, 0.3) is 11.4 Å². The maximum atomic E-state index is 12.4. The summed E-state index contributed by atoms with van der Waals surface area (Å²) in [5.74, 6) is 1.61. The predicted octanol–water partition coefficient (Wildman–Crippen LogP) is 1.98. The van der Waals surface area contributed by atoms with Gasteiger partial charge < -0.3 is 15.6 Å². The van der Waals surface area contributed by atoms with Gasteiger partial charge in [0.25, 0.3) is 0 Å². The summed E-state index contributed by atoms with van der Waals surface area (Å²) >= 11 is 5.76. The smallest absolute Gasteiger partial charge is 0.181 e. The number of nitrogens with two attached hydrogens (primary N) is 1. The number of aliphatic hydroxyl groups is 1. The van der Waals surface area contributed by atoms with Gasteiger partial charge in [-0.1, -0.05) is 0 Å². The molecule has 0 aliphatic heterocycles. The summed E-state index contributed by atoms with van der Waals surface area (Å²) < 4.78 is 17.8. The van der Waals surface area contributed by atoms with E-state index in [2.05, 4.69) is 15.2 Å². The highest BCUT2D eigenvalue weighted by Gasteiger charge is 2.15. The highest BCUT2D eigenvalue weighted by molar-refractivity contribution is 6.18. The Kier molecular flexibility index (Phi) is 6.52. The van der Waals surface area contributed by atoms with Gasteiger partial charge >= 0.3 is 0 Å². The van der Waals surface area contributed by atoms with Crippen molar-refractivity contribution in [2.45, 2.75) is 5.92 Å². The fourth-order valence-corrected chi connectivity index (χ4v) is 2.05. The molecule has 0 fully saturated rings. The second kappa shape index (κ2) is 8.61. The van der Waals surface area contributed by atoms with Gasteiger partial charge in [-0.3, -0.25) is 5.10 Å². The van der Waals surface area contributed by atoms with Crippen molar-refractivity contribution in [3.8, 4) is 17.1 Å².